The zero-order valence-electron chi connectivity index (χ0n) is 11.1. The van der Waals surface area contributed by atoms with Crippen molar-refractivity contribution < 1.29 is 19.5 Å². The van der Waals surface area contributed by atoms with Crippen molar-refractivity contribution >= 4 is 17.8 Å². The normalized spacial score (nSPS) is 16.1. The molecule has 2 rings (SSSR count). The topological polar surface area (TPSA) is 119 Å². The highest BCUT2D eigenvalue weighted by molar-refractivity contribution is 6.03. The van der Waals surface area contributed by atoms with Gasteiger partial charge in [0.25, 0.3) is 5.91 Å². The van der Waals surface area contributed by atoms with Crippen molar-refractivity contribution in [3.63, 3.8) is 0 Å². The van der Waals surface area contributed by atoms with E-state index in [-0.39, 0.29) is 29.0 Å². The summed E-state index contributed by atoms with van der Waals surface area (Å²) in [5.41, 5.74) is 5.17. The van der Waals surface area contributed by atoms with Crippen LogP contribution in [0.2, 0.25) is 0 Å². The first kappa shape index (κ1) is 14.0. The van der Waals surface area contributed by atoms with Crippen molar-refractivity contribution in [1.82, 2.24) is 14.7 Å². The second-order valence-corrected chi connectivity index (χ2v) is 4.80. The van der Waals surface area contributed by atoms with Gasteiger partial charge in [0.15, 0.2) is 0 Å². The van der Waals surface area contributed by atoms with Gasteiger partial charge in [-0.3, -0.25) is 14.3 Å². The molecule has 0 spiro atoms. The largest absolute Gasteiger partial charge is 0.478 e. The molecule has 0 bridgehead atoms. The number of carboxylic acids is 1. The summed E-state index contributed by atoms with van der Waals surface area (Å²) in [5, 5.41) is 12.9. The van der Waals surface area contributed by atoms with E-state index >= 15 is 0 Å². The summed E-state index contributed by atoms with van der Waals surface area (Å²) >= 11 is 0. The van der Waals surface area contributed by atoms with Crippen LogP contribution in [0.15, 0.2) is 6.20 Å². The Balaban J connectivity index is 2.15. The van der Waals surface area contributed by atoms with Crippen LogP contribution in [0.5, 0.6) is 0 Å². The zero-order chi connectivity index (χ0) is 14.9. The van der Waals surface area contributed by atoms with Crippen LogP contribution in [0.25, 0.3) is 0 Å². The second kappa shape index (κ2) is 5.32. The quantitative estimate of drug-likeness (QED) is 0.770. The number of nitrogens with two attached hydrogens (primary N) is 1. The minimum atomic E-state index is -1.19. The number of piperidine rings is 1. The van der Waals surface area contributed by atoms with Crippen molar-refractivity contribution in [3.8, 4) is 0 Å². The molecule has 8 nitrogen and oxygen atoms in total. The van der Waals surface area contributed by atoms with Crippen molar-refractivity contribution in [2.45, 2.75) is 12.8 Å². The Morgan fingerprint density at radius 1 is 1.35 bits per heavy atom. The molecule has 20 heavy (non-hydrogen) atoms. The van der Waals surface area contributed by atoms with Gasteiger partial charge in [-0.25, -0.2) is 4.79 Å². The Morgan fingerprint density at radius 3 is 2.45 bits per heavy atom. The first-order valence-corrected chi connectivity index (χ1v) is 6.25. The highest BCUT2D eigenvalue weighted by atomic mass is 16.4. The number of likely N-dealkylation sites (tertiary alicyclic amines) is 1. The molecular weight excluding hydrogens is 264 g/mol. The monoisotopic (exact) mass is 280 g/mol. The molecular formula is C12H16N4O4. The molecule has 1 saturated heterocycles. The zero-order valence-corrected chi connectivity index (χ0v) is 11.1. The number of aryl methyl sites for hydroxylation is 1. The first-order chi connectivity index (χ1) is 9.41. The minimum absolute atomic E-state index is 0.0509. The van der Waals surface area contributed by atoms with Crippen LogP contribution in [0.3, 0.4) is 0 Å². The third kappa shape index (κ3) is 2.49. The van der Waals surface area contributed by atoms with Crippen LogP contribution >= 0.6 is 0 Å². The fraction of sp³-hybridized carbons (Fsp3) is 0.500. The van der Waals surface area contributed by atoms with Gasteiger partial charge in [-0.15, -0.1) is 0 Å². The summed E-state index contributed by atoms with van der Waals surface area (Å²) < 4.78 is 1.26. The molecule has 2 amide bonds. The van der Waals surface area contributed by atoms with E-state index in [1.165, 1.54) is 16.6 Å². The van der Waals surface area contributed by atoms with E-state index in [0.29, 0.717) is 25.9 Å². The number of carbonyl (C=O) groups excluding carboxylic acids is 2. The molecule has 0 unspecified atom stereocenters. The number of hydrogen-bond acceptors (Lipinski definition) is 4. The van der Waals surface area contributed by atoms with Crippen molar-refractivity contribution in [2.75, 3.05) is 13.1 Å². The van der Waals surface area contributed by atoms with Crippen LogP contribution in [0.1, 0.15) is 33.7 Å². The van der Waals surface area contributed by atoms with Gasteiger partial charge < -0.3 is 15.7 Å². The number of carboxylic acid groups (broad SMARTS) is 1. The highest BCUT2D eigenvalue weighted by Crippen LogP contribution is 2.20. The van der Waals surface area contributed by atoms with E-state index in [1.807, 2.05) is 0 Å². The van der Waals surface area contributed by atoms with E-state index in [1.54, 1.807) is 0 Å². The Bertz CT molecular complexity index is 558. The minimum Gasteiger partial charge on any atom is -0.478 e. The fourth-order valence-electron chi connectivity index (χ4n) is 2.36. The Labute approximate surface area is 115 Å². The smallest absolute Gasteiger partial charge is 0.339 e. The number of amides is 2. The summed E-state index contributed by atoms with van der Waals surface area (Å²) in [6, 6.07) is 0. The summed E-state index contributed by atoms with van der Waals surface area (Å²) in [4.78, 5) is 36.1. The average molecular weight is 280 g/mol. The number of nitrogens with zero attached hydrogens (tertiary/aromatic N) is 3. The van der Waals surface area contributed by atoms with E-state index in [2.05, 4.69) is 5.10 Å². The van der Waals surface area contributed by atoms with Crippen LogP contribution in [0, 0.1) is 5.92 Å². The number of carbonyl (C=O) groups is 3. The maximum atomic E-state index is 12.4. The molecule has 0 aromatic carbocycles. The lowest BCUT2D eigenvalue weighted by molar-refractivity contribution is -0.123. The predicted molar refractivity (Wildman–Crippen MR) is 68.0 cm³/mol. The third-order valence-electron chi connectivity index (χ3n) is 3.56. The van der Waals surface area contributed by atoms with Gasteiger partial charge in [0.2, 0.25) is 5.91 Å². The van der Waals surface area contributed by atoms with Gasteiger partial charge >= 0.3 is 5.97 Å². The summed E-state index contributed by atoms with van der Waals surface area (Å²) in [5.74, 6) is -2.15. The molecule has 0 aliphatic carbocycles. The molecule has 0 saturated carbocycles. The number of aromatic carboxylic acids is 1. The van der Waals surface area contributed by atoms with Crippen molar-refractivity contribution in [2.24, 2.45) is 18.7 Å². The molecule has 3 N–H and O–H groups in total. The Morgan fingerprint density at radius 2 is 1.95 bits per heavy atom. The lowest BCUT2D eigenvalue weighted by Crippen LogP contribution is -2.42. The predicted octanol–water partition coefficient (Wildman–Crippen LogP) is -0.544. The van der Waals surface area contributed by atoms with Crippen LogP contribution < -0.4 is 5.73 Å². The van der Waals surface area contributed by atoms with Crippen molar-refractivity contribution in [3.05, 3.63) is 17.5 Å². The number of hydrogen-bond donors (Lipinski definition) is 2. The third-order valence-corrected chi connectivity index (χ3v) is 3.56. The molecule has 8 heteroatoms. The highest BCUT2D eigenvalue weighted by Gasteiger charge is 2.30. The molecule has 108 valence electrons. The summed E-state index contributed by atoms with van der Waals surface area (Å²) in [7, 11) is 1.52. The first-order valence-electron chi connectivity index (χ1n) is 6.25. The number of primary amides is 1. The maximum Gasteiger partial charge on any atom is 0.339 e. The van der Waals surface area contributed by atoms with Gasteiger partial charge in [-0.1, -0.05) is 0 Å². The van der Waals surface area contributed by atoms with Crippen LogP contribution in [0.4, 0.5) is 0 Å². The molecule has 1 aliphatic heterocycles. The molecule has 2 heterocycles. The molecule has 1 aromatic heterocycles. The van der Waals surface area contributed by atoms with Crippen LogP contribution in [-0.2, 0) is 11.8 Å². The Hall–Kier alpha value is -2.38. The lowest BCUT2D eigenvalue weighted by Gasteiger charge is -2.30. The molecule has 1 aliphatic rings. The Kier molecular flexibility index (Phi) is 3.73. The van der Waals surface area contributed by atoms with E-state index in [9.17, 15) is 14.4 Å². The van der Waals surface area contributed by atoms with E-state index in [0.717, 1.165) is 6.20 Å². The molecule has 1 aromatic rings. The standard InChI is InChI=1S/C12H16N4O4/c1-15-9(8(6-14-15)12(19)20)11(18)16-4-2-7(3-5-16)10(13)17/h6-7H,2-5H2,1H3,(H2,13,17)(H,19,20). The molecule has 1 fully saturated rings. The van der Waals surface area contributed by atoms with Gasteiger partial charge in [0.05, 0.1) is 6.20 Å². The van der Waals surface area contributed by atoms with Crippen LogP contribution in [-0.4, -0.2) is 50.7 Å². The second-order valence-electron chi connectivity index (χ2n) is 4.80. The van der Waals surface area contributed by atoms with E-state index < -0.39 is 5.97 Å². The SMILES string of the molecule is Cn1ncc(C(=O)O)c1C(=O)N1CCC(C(N)=O)CC1. The van der Waals surface area contributed by atoms with Gasteiger partial charge in [-0.05, 0) is 12.8 Å². The molecule has 0 atom stereocenters. The van der Waals surface area contributed by atoms with Gasteiger partial charge in [0, 0.05) is 26.1 Å². The average Bonchev–Trinajstić information content (AvgIpc) is 2.80. The summed E-state index contributed by atoms with van der Waals surface area (Å²) in [6.07, 6.45) is 2.16. The maximum absolute atomic E-state index is 12.4. The van der Waals surface area contributed by atoms with Crippen molar-refractivity contribution in [1.29, 1.82) is 0 Å². The van der Waals surface area contributed by atoms with Gasteiger partial charge in [-0.2, -0.15) is 5.10 Å². The van der Waals surface area contributed by atoms with E-state index in [4.69, 9.17) is 10.8 Å². The molecule has 0 radical (unpaired) electrons. The summed E-state index contributed by atoms with van der Waals surface area (Å²) in [6.45, 7) is 0.771. The lowest BCUT2D eigenvalue weighted by atomic mass is 9.96. The van der Waals surface area contributed by atoms with Gasteiger partial charge in [0.1, 0.15) is 11.3 Å². The number of aromatic nitrogens is 2. The fourth-order valence-corrected chi connectivity index (χ4v) is 2.36. The number of rotatable bonds is 3.